The largest absolute Gasteiger partial charge is 0.0610 e. The average Bonchev–Trinajstić information content (AvgIpc) is 2.69. The van der Waals surface area contributed by atoms with Crippen LogP contribution in [0, 0.1) is 20.8 Å². The van der Waals surface area contributed by atoms with Crippen molar-refractivity contribution in [1.82, 2.24) is 0 Å². The summed E-state index contributed by atoms with van der Waals surface area (Å²) < 4.78 is 0. The predicted molar refractivity (Wildman–Crippen MR) is 82.6 cm³/mol. The highest BCUT2D eigenvalue weighted by Crippen LogP contribution is 2.49. The Morgan fingerprint density at radius 1 is 0.684 bits per heavy atom. The summed E-state index contributed by atoms with van der Waals surface area (Å²) >= 11 is 0. The second-order valence-corrected chi connectivity index (χ2v) is 5.66. The Morgan fingerprint density at radius 2 is 1.53 bits per heavy atom. The molecule has 1 aliphatic carbocycles. The minimum atomic E-state index is 1.35. The summed E-state index contributed by atoms with van der Waals surface area (Å²) in [6, 6.07) is 15.8. The number of aryl methyl sites for hydroxylation is 3. The van der Waals surface area contributed by atoms with Crippen LogP contribution in [0.1, 0.15) is 16.7 Å². The lowest BCUT2D eigenvalue weighted by atomic mass is 9.97. The maximum atomic E-state index is 2.33. The predicted octanol–water partition coefficient (Wildman–Crippen LogP) is 5.41. The molecule has 0 amide bonds. The molecule has 0 N–H and O–H groups in total. The smallest absolute Gasteiger partial charge is 0.00236 e. The molecule has 0 heterocycles. The Kier molecular flexibility index (Phi) is 1.98. The molecule has 0 fully saturated rings. The quantitative estimate of drug-likeness (QED) is 0.388. The van der Waals surface area contributed by atoms with Crippen LogP contribution in [-0.2, 0) is 0 Å². The van der Waals surface area contributed by atoms with Gasteiger partial charge in [-0.15, -0.1) is 0 Å². The summed E-state index contributed by atoms with van der Waals surface area (Å²) in [6.45, 7) is 6.61. The number of hydrogen-bond donors (Lipinski definition) is 0. The highest BCUT2D eigenvalue weighted by Gasteiger charge is 2.23. The fourth-order valence-electron chi connectivity index (χ4n) is 3.52. The summed E-state index contributed by atoms with van der Waals surface area (Å²) in [5.74, 6) is 0. The third-order valence-electron chi connectivity index (χ3n) is 4.30. The molecule has 19 heavy (non-hydrogen) atoms. The molecule has 0 saturated heterocycles. The molecule has 0 atom stereocenters. The summed E-state index contributed by atoms with van der Waals surface area (Å²) in [7, 11) is 0. The molecule has 1 aliphatic rings. The van der Waals surface area contributed by atoms with Crippen LogP contribution in [0.25, 0.3) is 33.0 Å². The molecule has 0 saturated carbocycles. The van der Waals surface area contributed by atoms with E-state index in [-0.39, 0.29) is 0 Å². The van der Waals surface area contributed by atoms with Crippen LogP contribution in [0.2, 0.25) is 0 Å². The zero-order chi connectivity index (χ0) is 13.1. The first-order valence-corrected chi connectivity index (χ1v) is 6.81. The van der Waals surface area contributed by atoms with Gasteiger partial charge in [-0.3, -0.25) is 0 Å². The first-order chi connectivity index (χ1) is 9.16. The molecule has 0 aliphatic heterocycles. The Balaban J connectivity index is 2.27. The molecule has 3 aromatic carbocycles. The van der Waals surface area contributed by atoms with Crippen molar-refractivity contribution in [2.24, 2.45) is 0 Å². The van der Waals surface area contributed by atoms with Crippen molar-refractivity contribution >= 4 is 10.8 Å². The van der Waals surface area contributed by atoms with Crippen LogP contribution in [0.5, 0.6) is 0 Å². The third-order valence-corrected chi connectivity index (χ3v) is 4.30. The van der Waals surface area contributed by atoms with Gasteiger partial charge in [0.25, 0.3) is 0 Å². The Hall–Kier alpha value is -2.08. The van der Waals surface area contributed by atoms with Gasteiger partial charge in [-0.2, -0.15) is 0 Å². The molecular weight excluding hydrogens is 228 g/mol. The lowest BCUT2D eigenvalue weighted by molar-refractivity contribution is 1.39. The highest BCUT2D eigenvalue weighted by atomic mass is 14.3. The summed E-state index contributed by atoms with van der Waals surface area (Å²) in [5.41, 5.74) is 9.74. The second kappa shape index (κ2) is 3.48. The first kappa shape index (κ1) is 10.8. The molecule has 0 spiro atoms. The molecule has 0 unspecified atom stereocenters. The summed E-state index contributed by atoms with van der Waals surface area (Å²) in [4.78, 5) is 0. The van der Waals surface area contributed by atoms with Crippen LogP contribution in [0.3, 0.4) is 0 Å². The van der Waals surface area contributed by atoms with Crippen LogP contribution >= 0.6 is 0 Å². The van der Waals surface area contributed by atoms with Gasteiger partial charge >= 0.3 is 0 Å². The van der Waals surface area contributed by atoms with Gasteiger partial charge in [-0.25, -0.2) is 0 Å². The van der Waals surface area contributed by atoms with Gasteiger partial charge in [0.15, 0.2) is 0 Å². The Labute approximate surface area is 113 Å². The standard InChI is InChI=1S/C19H16/c1-11-9-13(3)18-16-6-4-5-14-12(2)7-8-15(19(14)16)17(18)10-11/h4-10H,1-3H3. The lowest BCUT2D eigenvalue weighted by Crippen LogP contribution is -1.84. The Bertz CT molecular complexity index is 838. The number of fused-ring (bicyclic) bond motifs is 3. The van der Waals surface area contributed by atoms with E-state index in [4.69, 9.17) is 0 Å². The van der Waals surface area contributed by atoms with Gasteiger partial charge in [0.05, 0.1) is 0 Å². The van der Waals surface area contributed by atoms with Gasteiger partial charge in [0.1, 0.15) is 0 Å². The van der Waals surface area contributed by atoms with Crippen molar-refractivity contribution in [3.63, 3.8) is 0 Å². The molecule has 4 rings (SSSR count). The molecule has 0 aromatic heterocycles. The van der Waals surface area contributed by atoms with Crippen molar-refractivity contribution in [2.75, 3.05) is 0 Å². The van der Waals surface area contributed by atoms with E-state index in [0.717, 1.165) is 0 Å². The third kappa shape index (κ3) is 1.29. The molecule has 0 bridgehead atoms. The SMILES string of the molecule is Cc1cc(C)c2c(c1)-c1ccc(C)c3cccc-2c13. The van der Waals surface area contributed by atoms with Crippen molar-refractivity contribution in [3.05, 3.63) is 59.2 Å². The highest BCUT2D eigenvalue weighted by molar-refractivity contribution is 6.16. The van der Waals surface area contributed by atoms with Gasteiger partial charge in [-0.1, -0.05) is 48.0 Å². The average molecular weight is 244 g/mol. The monoisotopic (exact) mass is 244 g/mol. The maximum absolute atomic E-state index is 2.33. The van der Waals surface area contributed by atoms with E-state index >= 15 is 0 Å². The van der Waals surface area contributed by atoms with Gasteiger partial charge < -0.3 is 0 Å². The van der Waals surface area contributed by atoms with Crippen LogP contribution in [0.4, 0.5) is 0 Å². The number of benzene rings is 3. The van der Waals surface area contributed by atoms with E-state index < -0.39 is 0 Å². The van der Waals surface area contributed by atoms with E-state index in [9.17, 15) is 0 Å². The molecule has 0 nitrogen and oxygen atoms in total. The second-order valence-electron chi connectivity index (χ2n) is 5.66. The van der Waals surface area contributed by atoms with Crippen molar-refractivity contribution < 1.29 is 0 Å². The first-order valence-electron chi connectivity index (χ1n) is 6.81. The number of rotatable bonds is 0. The maximum Gasteiger partial charge on any atom is -0.00236 e. The van der Waals surface area contributed by atoms with E-state index in [1.807, 2.05) is 0 Å². The van der Waals surface area contributed by atoms with Crippen molar-refractivity contribution in [2.45, 2.75) is 20.8 Å². The summed E-state index contributed by atoms with van der Waals surface area (Å²) in [5, 5.41) is 2.83. The van der Waals surface area contributed by atoms with E-state index in [0.29, 0.717) is 0 Å². The minimum absolute atomic E-state index is 1.35. The fourth-order valence-corrected chi connectivity index (χ4v) is 3.52. The Morgan fingerprint density at radius 3 is 2.37 bits per heavy atom. The van der Waals surface area contributed by atoms with Gasteiger partial charge in [-0.05, 0) is 64.9 Å². The fraction of sp³-hybridized carbons (Fsp3) is 0.158. The van der Waals surface area contributed by atoms with E-state index in [1.54, 1.807) is 0 Å². The molecule has 0 radical (unpaired) electrons. The number of hydrogen-bond acceptors (Lipinski definition) is 0. The molecular formula is C19H16. The normalized spacial score (nSPS) is 11.9. The van der Waals surface area contributed by atoms with Crippen molar-refractivity contribution in [1.29, 1.82) is 0 Å². The van der Waals surface area contributed by atoms with Gasteiger partial charge in [0.2, 0.25) is 0 Å². The zero-order valence-electron chi connectivity index (χ0n) is 11.5. The molecule has 92 valence electrons. The molecule has 0 heteroatoms. The molecule has 3 aromatic rings. The zero-order valence-corrected chi connectivity index (χ0v) is 11.5. The van der Waals surface area contributed by atoms with Crippen LogP contribution < -0.4 is 0 Å². The van der Waals surface area contributed by atoms with E-state index in [2.05, 4.69) is 63.2 Å². The van der Waals surface area contributed by atoms with Crippen molar-refractivity contribution in [3.8, 4) is 22.3 Å². The van der Waals surface area contributed by atoms with E-state index in [1.165, 1.54) is 49.7 Å². The van der Waals surface area contributed by atoms with Gasteiger partial charge in [0, 0.05) is 0 Å². The van der Waals surface area contributed by atoms with Crippen LogP contribution in [0.15, 0.2) is 42.5 Å². The minimum Gasteiger partial charge on any atom is -0.0610 e. The lowest BCUT2D eigenvalue weighted by Gasteiger charge is -2.07. The van der Waals surface area contributed by atoms with Crippen LogP contribution in [-0.4, -0.2) is 0 Å². The topological polar surface area (TPSA) is 0 Å². The summed E-state index contributed by atoms with van der Waals surface area (Å²) in [6.07, 6.45) is 0.